The summed E-state index contributed by atoms with van der Waals surface area (Å²) < 4.78 is 5.18. The zero-order valence-electron chi connectivity index (χ0n) is 20.3. The first kappa shape index (κ1) is 27.5. The third-order valence-electron chi connectivity index (χ3n) is 4.33. The highest BCUT2D eigenvalue weighted by atomic mass is 32.1. The van der Waals surface area contributed by atoms with Crippen molar-refractivity contribution in [3.05, 3.63) is 39.6 Å². The third kappa shape index (κ3) is 9.20. The molecule has 0 saturated heterocycles. The number of hydrogen-bond acceptors (Lipinski definition) is 9. The zero-order chi connectivity index (χ0) is 26.2. The molecule has 0 spiro atoms. The first-order chi connectivity index (χ1) is 16.4. The van der Waals surface area contributed by atoms with E-state index in [1.54, 1.807) is 39.0 Å². The van der Waals surface area contributed by atoms with Crippen LogP contribution in [-0.4, -0.2) is 46.5 Å². The maximum absolute atomic E-state index is 12.8. The molecule has 0 radical (unpaired) electrons. The normalized spacial score (nSPS) is 10.9. The van der Waals surface area contributed by atoms with Crippen LogP contribution in [-0.2, 0) is 9.53 Å². The molecule has 1 heterocycles. The molecule has 1 aromatic heterocycles. The summed E-state index contributed by atoms with van der Waals surface area (Å²) in [6, 6.07) is 4.86. The van der Waals surface area contributed by atoms with Gasteiger partial charge in [-0.25, -0.2) is 9.78 Å². The Labute approximate surface area is 207 Å². The number of nitrogens with one attached hydrogen (secondary N) is 4. The molecule has 0 aliphatic heterocycles. The molecular weight excluding hydrogens is 476 g/mol. The van der Waals surface area contributed by atoms with E-state index in [1.165, 1.54) is 13.8 Å². The monoisotopic (exact) mass is 506 g/mol. The Morgan fingerprint density at radius 1 is 1.14 bits per heavy atom. The van der Waals surface area contributed by atoms with Crippen molar-refractivity contribution >= 4 is 50.8 Å². The number of hydrogen-bond donors (Lipinski definition) is 4. The number of nitrogens with zero attached hydrogens (tertiary/aromatic N) is 2. The molecule has 13 heteroatoms. The number of unbranched alkanes of at least 4 members (excludes halogenated alkanes) is 1. The lowest BCUT2D eigenvalue weighted by Gasteiger charge is -2.19. The number of alkyl carbamates (subject to hydrolysis) is 1. The Morgan fingerprint density at radius 3 is 2.43 bits per heavy atom. The molecule has 0 aliphatic rings. The minimum absolute atomic E-state index is 0.0927. The van der Waals surface area contributed by atoms with Gasteiger partial charge in [-0.1, -0.05) is 0 Å². The lowest BCUT2D eigenvalue weighted by Crippen LogP contribution is -2.33. The minimum atomic E-state index is -0.558. The number of carbonyl (C=O) groups is 3. The number of anilines is 3. The smallest absolute Gasteiger partial charge is 0.407 e. The van der Waals surface area contributed by atoms with E-state index in [0.717, 1.165) is 24.2 Å². The number of benzene rings is 1. The van der Waals surface area contributed by atoms with Crippen molar-refractivity contribution in [2.75, 3.05) is 29.0 Å². The molecule has 2 aromatic rings. The molecule has 0 fully saturated rings. The predicted octanol–water partition coefficient (Wildman–Crippen LogP) is 4.29. The van der Waals surface area contributed by atoms with Crippen LogP contribution in [0.4, 0.5) is 26.3 Å². The summed E-state index contributed by atoms with van der Waals surface area (Å²) in [5.74, 6) is -0.915. The second-order valence-electron chi connectivity index (χ2n) is 8.62. The summed E-state index contributed by atoms with van der Waals surface area (Å²) in [6.45, 7) is 9.28. The van der Waals surface area contributed by atoms with Crippen molar-refractivity contribution in [3.63, 3.8) is 0 Å². The molecule has 0 aliphatic carbocycles. The van der Waals surface area contributed by atoms with Crippen LogP contribution < -0.4 is 21.3 Å². The molecule has 0 bridgehead atoms. The molecule has 4 N–H and O–H groups in total. The van der Waals surface area contributed by atoms with Gasteiger partial charge in [0.15, 0.2) is 5.13 Å². The van der Waals surface area contributed by atoms with Crippen molar-refractivity contribution in [2.45, 2.75) is 53.1 Å². The fourth-order valence-electron chi connectivity index (χ4n) is 2.91. The number of rotatable bonds is 10. The van der Waals surface area contributed by atoms with Crippen LogP contribution in [0.25, 0.3) is 0 Å². The van der Waals surface area contributed by atoms with Crippen LogP contribution >= 0.6 is 11.3 Å². The highest BCUT2D eigenvalue weighted by Crippen LogP contribution is 2.30. The summed E-state index contributed by atoms with van der Waals surface area (Å²) in [5, 5.41) is 22.0. The average molecular weight is 507 g/mol. The van der Waals surface area contributed by atoms with Crippen LogP contribution in [0.5, 0.6) is 0 Å². The molecule has 0 unspecified atom stereocenters. The molecule has 1 aromatic carbocycles. The number of amides is 3. The second kappa shape index (κ2) is 12.1. The van der Waals surface area contributed by atoms with Gasteiger partial charge in [0, 0.05) is 25.7 Å². The van der Waals surface area contributed by atoms with Gasteiger partial charge in [-0.05, 0) is 70.1 Å². The fourth-order valence-corrected chi connectivity index (χ4v) is 3.69. The SMILES string of the molecule is CC(=O)Nc1cc(NCCCCNC(=O)OC(C)(C)C)ccc1C(=O)Nc1nc(C)c([N+](=O)[O-])s1. The van der Waals surface area contributed by atoms with Crippen LogP contribution in [0.1, 0.15) is 56.6 Å². The molecule has 12 nitrogen and oxygen atoms in total. The first-order valence-electron chi connectivity index (χ1n) is 10.9. The van der Waals surface area contributed by atoms with Gasteiger partial charge in [0.1, 0.15) is 11.3 Å². The van der Waals surface area contributed by atoms with Crippen LogP contribution in [0.2, 0.25) is 0 Å². The van der Waals surface area contributed by atoms with E-state index in [1.807, 2.05) is 0 Å². The van der Waals surface area contributed by atoms with E-state index in [-0.39, 0.29) is 33.0 Å². The maximum atomic E-state index is 12.8. The third-order valence-corrected chi connectivity index (χ3v) is 5.36. The van der Waals surface area contributed by atoms with Gasteiger partial charge >= 0.3 is 11.1 Å². The van der Waals surface area contributed by atoms with Crippen LogP contribution in [0.15, 0.2) is 18.2 Å². The van der Waals surface area contributed by atoms with E-state index in [0.29, 0.717) is 18.8 Å². The standard InChI is InChI=1S/C22H30N6O6S/c1-13-19(28(32)33)35-20(25-13)27-18(30)16-9-8-15(12-17(16)26-14(2)29)23-10-6-7-11-24-21(31)34-22(3,4)5/h8-9,12,23H,6-7,10-11H2,1-5H3,(H,24,31)(H,26,29)(H,25,27,30). The molecule has 0 atom stereocenters. The Bertz CT molecular complexity index is 1090. The fraction of sp³-hybridized carbons (Fsp3) is 0.455. The first-order valence-corrected chi connectivity index (χ1v) is 11.7. The number of carbonyl (C=O) groups excluding carboxylic acids is 3. The van der Waals surface area contributed by atoms with E-state index < -0.39 is 22.5 Å². The van der Waals surface area contributed by atoms with Gasteiger partial charge in [-0.2, -0.15) is 0 Å². The average Bonchev–Trinajstić information content (AvgIpc) is 3.09. The highest BCUT2D eigenvalue weighted by Gasteiger charge is 2.21. The Morgan fingerprint density at radius 2 is 1.83 bits per heavy atom. The molecule has 190 valence electrons. The summed E-state index contributed by atoms with van der Waals surface area (Å²) in [5.41, 5.74) is 0.818. The zero-order valence-corrected chi connectivity index (χ0v) is 21.1. The van der Waals surface area contributed by atoms with E-state index in [9.17, 15) is 24.5 Å². The summed E-state index contributed by atoms with van der Waals surface area (Å²) in [6.07, 6.45) is 1.03. The number of thiazole rings is 1. The predicted molar refractivity (Wildman–Crippen MR) is 134 cm³/mol. The van der Waals surface area contributed by atoms with Crippen LogP contribution in [0.3, 0.4) is 0 Å². The van der Waals surface area contributed by atoms with Gasteiger partial charge in [-0.3, -0.25) is 25.0 Å². The molecule has 35 heavy (non-hydrogen) atoms. The van der Waals surface area contributed by atoms with Gasteiger partial charge in [0.25, 0.3) is 5.91 Å². The van der Waals surface area contributed by atoms with Gasteiger partial charge in [0.05, 0.1) is 16.2 Å². The molecule has 0 saturated carbocycles. The Kier molecular flexibility index (Phi) is 9.51. The second-order valence-corrected chi connectivity index (χ2v) is 9.60. The number of aromatic nitrogens is 1. The summed E-state index contributed by atoms with van der Waals surface area (Å²) >= 11 is 0.759. The molecular formula is C22H30N6O6S. The summed E-state index contributed by atoms with van der Waals surface area (Å²) in [4.78, 5) is 50.5. The minimum Gasteiger partial charge on any atom is -0.444 e. The van der Waals surface area contributed by atoms with Gasteiger partial charge in [-0.15, -0.1) is 0 Å². The maximum Gasteiger partial charge on any atom is 0.407 e. The van der Waals surface area contributed by atoms with Gasteiger partial charge in [0.2, 0.25) is 5.91 Å². The Balaban J connectivity index is 1.95. The van der Waals surface area contributed by atoms with Crippen molar-refractivity contribution in [1.29, 1.82) is 0 Å². The molecule has 3 amide bonds. The van der Waals surface area contributed by atoms with Crippen molar-refractivity contribution in [3.8, 4) is 0 Å². The quantitative estimate of drug-likeness (QED) is 0.210. The van der Waals surface area contributed by atoms with Gasteiger partial charge < -0.3 is 20.7 Å². The molecule has 2 rings (SSSR count). The lowest BCUT2D eigenvalue weighted by molar-refractivity contribution is -0.380. The van der Waals surface area contributed by atoms with Crippen LogP contribution in [0, 0.1) is 17.0 Å². The number of aryl methyl sites for hydroxylation is 1. The van der Waals surface area contributed by atoms with Crippen molar-refractivity contribution in [2.24, 2.45) is 0 Å². The lowest BCUT2D eigenvalue weighted by atomic mass is 10.1. The Hall–Kier alpha value is -3.74. The largest absolute Gasteiger partial charge is 0.444 e. The number of ether oxygens (including phenoxy) is 1. The highest BCUT2D eigenvalue weighted by molar-refractivity contribution is 7.19. The van der Waals surface area contributed by atoms with E-state index in [4.69, 9.17) is 4.74 Å². The topological polar surface area (TPSA) is 165 Å². The van der Waals surface area contributed by atoms with Crippen molar-refractivity contribution in [1.82, 2.24) is 10.3 Å². The number of nitro groups is 1. The van der Waals surface area contributed by atoms with E-state index >= 15 is 0 Å². The van der Waals surface area contributed by atoms with E-state index in [2.05, 4.69) is 26.3 Å². The van der Waals surface area contributed by atoms with Crippen molar-refractivity contribution < 1.29 is 24.0 Å². The summed E-state index contributed by atoms with van der Waals surface area (Å²) in [7, 11) is 0.